The standard InChI is InChI=1S/C9H13IN2/c10-9-3-1-8(2-4-9)7-12-6-5-11/h1-4,12H,5-7,11H2. The lowest BCUT2D eigenvalue weighted by Crippen LogP contribution is -2.21. The van der Waals surface area contributed by atoms with E-state index in [-0.39, 0.29) is 0 Å². The molecule has 0 spiro atoms. The molecule has 3 N–H and O–H groups in total. The Morgan fingerprint density at radius 2 is 1.92 bits per heavy atom. The van der Waals surface area contributed by atoms with Crippen LogP contribution in [0, 0.1) is 3.57 Å². The van der Waals surface area contributed by atoms with Crippen molar-refractivity contribution in [2.24, 2.45) is 5.73 Å². The van der Waals surface area contributed by atoms with Crippen molar-refractivity contribution in [3.63, 3.8) is 0 Å². The first-order valence-corrected chi connectivity index (χ1v) is 5.06. The van der Waals surface area contributed by atoms with E-state index in [0.29, 0.717) is 6.54 Å². The highest BCUT2D eigenvalue weighted by Crippen LogP contribution is 2.05. The number of halogens is 1. The van der Waals surface area contributed by atoms with E-state index in [0.717, 1.165) is 13.1 Å². The second kappa shape index (κ2) is 5.50. The first kappa shape index (κ1) is 9.95. The maximum Gasteiger partial charge on any atom is 0.0206 e. The summed E-state index contributed by atoms with van der Waals surface area (Å²) in [6.07, 6.45) is 0. The third kappa shape index (κ3) is 3.51. The molecule has 0 heterocycles. The van der Waals surface area contributed by atoms with Crippen LogP contribution >= 0.6 is 22.6 Å². The van der Waals surface area contributed by atoms with Crippen LogP contribution in [0.2, 0.25) is 0 Å². The van der Waals surface area contributed by atoms with Crippen LogP contribution in [0.1, 0.15) is 5.56 Å². The van der Waals surface area contributed by atoms with Gasteiger partial charge < -0.3 is 11.1 Å². The van der Waals surface area contributed by atoms with Crippen LogP contribution in [0.15, 0.2) is 24.3 Å². The van der Waals surface area contributed by atoms with Gasteiger partial charge in [0.2, 0.25) is 0 Å². The quantitative estimate of drug-likeness (QED) is 0.643. The molecule has 0 amide bonds. The predicted molar refractivity (Wildman–Crippen MR) is 59.9 cm³/mol. The molecule has 0 fully saturated rings. The van der Waals surface area contributed by atoms with Gasteiger partial charge >= 0.3 is 0 Å². The Bertz CT molecular complexity index is 220. The molecule has 1 aromatic carbocycles. The molecular weight excluding hydrogens is 263 g/mol. The normalized spacial score (nSPS) is 10.2. The van der Waals surface area contributed by atoms with Crippen molar-refractivity contribution in [1.29, 1.82) is 0 Å². The van der Waals surface area contributed by atoms with Crippen molar-refractivity contribution < 1.29 is 0 Å². The Morgan fingerprint density at radius 3 is 2.50 bits per heavy atom. The molecule has 0 saturated carbocycles. The Morgan fingerprint density at radius 1 is 1.25 bits per heavy atom. The average molecular weight is 276 g/mol. The van der Waals surface area contributed by atoms with Gasteiger partial charge in [-0.2, -0.15) is 0 Å². The number of hydrogen-bond donors (Lipinski definition) is 2. The van der Waals surface area contributed by atoms with Crippen molar-refractivity contribution in [2.45, 2.75) is 6.54 Å². The molecule has 0 bridgehead atoms. The SMILES string of the molecule is NCCNCc1ccc(I)cc1. The predicted octanol–water partition coefficient (Wildman–Crippen LogP) is 1.34. The zero-order chi connectivity index (χ0) is 8.81. The summed E-state index contributed by atoms with van der Waals surface area (Å²) in [5, 5.41) is 3.24. The summed E-state index contributed by atoms with van der Waals surface area (Å²) in [6, 6.07) is 8.48. The maximum absolute atomic E-state index is 5.35. The van der Waals surface area contributed by atoms with E-state index < -0.39 is 0 Å². The van der Waals surface area contributed by atoms with E-state index in [1.165, 1.54) is 9.13 Å². The Balaban J connectivity index is 2.37. The number of rotatable bonds is 4. The van der Waals surface area contributed by atoms with Gasteiger partial charge in [0.05, 0.1) is 0 Å². The molecule has 0 aliphatic heterocycles. The van der Waals surface area contributed by atoms with E-state index >= 15 is 0 Å². The van der Waals surface area contributed by atoms with Crippen LogP contribution in [-0.4, -0.2) is 13.1 Å². The van der Waals surface area contributed by atoms with Gasteiger partial charge in [-0.25, -0.2) is 0 Å². The fourth-order valence-electron chi connectivity index (χ4n) is 0.937. The second-order valence-electron chi connectivity index (χ2n) is 2.59. The highest BCUT2D eigenvalue weighted by molar-refractivity contribution is 14.1. The Labute approximate surface area is 86.7 Å². The van der Waals surface area contributed by atoms with Gasteiger partial charge in [-0.15, -0.1) is 0 Å². The van der Waals surface area contributed by atoms with Gasteiger partial charge in [-0.05, 0) is 40.3 Å². The van der Waals surface area contributed by atoms with E-state index in [2.05, 4.69) is 52.2 Å². The highest BCUT2D eigenvalue weighted by atomic mass is 127. The Hall–Kier alpha value is -0.130. The molecular formula is C9H13IN2. The summed E-state index contributed by atoms with van der Waals surface area (Å²) in [4.78, 5) is 0. The third-order valence-corrected chi connectivity index (χ3v) is 2.28. The molecule has 0 radical (unpaired) electrons. The largest absolute Gasteiger partial charge is 0.329 e. The summed E-state index contributed by atoms with van der Waals surface area (Å²) in [5.41, 5.74) is 6.66. The highest BCUT2D eigenvalue weighted by Gasteiger charge is 1.90. The average Bonchev–Trinajstić information content (AvgIpc) is 2.09. The van der Waals surface area contributed by atoms with Gasteiger partial charge in [0.15, 0.2) is 0 Å². The number of benzene rings is 1. The summed E-state index contributed by atoms with van der Waals surface area (Å²) in [6.45, 7) is 2.49. The van der Waals surface area contributed by atoms with Gasteiger partial charge in [0.25, 0.3) is 0 Å². The molecule has 66 valence electrons. The molecule has 0 aliphatic carbocycles. The minimum absolute atomic E-state index is 0.699. The van der Waals surface area contributed by atoms with E-state index in [4.69, 9.17) is 5.73 Å². The Kier molecular flexibility index (Phi) is 4.57. The van der Waals surface area contributed by atoms with Crippen LogP contribution in [-0.2, 0) is 6.54 Å². The number of hydrogen-bond acceptors (Lipinski definition) is 2. The molecule has 3 heteroatoms. The van der Waals surface area contributed by atoms with Crippen LogP contribution in [0.5, 0.6) is 0 Å². The van der Waals surface area contributed by atoms with Gasteiger partial charge in [0, 0.05) is 23.2 Å². The molecule has 0 unspecified atom stereocenters. The van der Waals surface area contributed by atoms with Crippen LogP contribution in [0.4, 0.5) is 0 Å². The number of nitrogens with two attached hydrogens (primary N) is 1. The molecule has 0 atom stereocenters. The van der Waals surface area contributed by atoms with Gasteiger partial charge in [-0.3, -0.25) is 0 Å². The monoisotopic (exact) mass is 276 g/mol. The molecule has 2 nitrogen and oxygen atoms in total. The van der Waals surface area contributed by atoms with Crippen molar-refractivity contribution in [3.05, 3.63) is 33.4 Å². The summed E-state index contributed by atoms with van der Waals surface area (Å²) in [5.74, 6) is 0. The molecule has 0 saturated heterocycles. The lowest BCUT2D eigenvalue weighted by Gasteiger charge is -2.02. The topological polar surface area (TPSA) is 38.0 Å². The maximum atomic E-state index is 5.35. The van der Waals surface area contributed by atoms with Crippen LogP contribution in [0.25, 0.3) is 0 Å². The fraction of sp³-hybridized carbons (Fsp3) is 0.333. The lowest BCUT2D eigenvalue weighted by molar-refractivity contribution is 0.695. The second-order valence-corrected chi connectivity index (χ2v) is 3.84. The van der Waals surface area contributed by atoms with Crippen LogP contribution < -0.4 is 11.1 Å². The summed E-state index contributed by atoms with van der Waals surface area (Å²) >= 11 is 2.30. The van der Waals surface area contributed by atoms with Crippen molar-refractivity contribution in [2.75, 3.05) is 13.1 Å². The van der Waals surface area contributed by atoms with Gasteiger partial charge in [0.1, 0.15) is 0 Å². The van der Waals surface area contributed by atoms with Crippen LogP contribution in [0.3, 0.4) is 0 Å². The number of nitrogens with one attached hydrogen (secondary N) is 1. The zero-order valence-corrected chi connectivity index (χ0v) is 9.04. The minimum atomic E-state index is 0.699. The van der Waals surface area contributed by atoms with E-state index in [1.54, 1.807) is 0 Å². The third-order valence-electron chi connectivity index (χ3n) is 1.56. The van der Waals surface area contributed by atoms with Crippen molar-refractivity contribution >= 4 is 22.6 Å². The molecule has 0 aromatic heterocycles. The minimum Gasteiger partial charge on any atom is -0.329 e. The first-order valence-electron chi connectivity index (χ1n) is 3.98. The molecule has 12 heavy (non-hydrogen) atoms. The molecule has 0 aliphatic rings. The van der Waals surface area contributed by atoms with Crippen molar-refractivity contribution in [1.82, 2.24) is 5.32 Å². The summed E-state index contributed by atoms with van der Waals surface area (Å²) in [7, 11) is 0. The van der Waals surface area contributed by atoms with E-state index in [1.807, 2.05) is 0 Å². The smallest absolute Gasteiger partial charge is 0.0206 e. The molecule has 1 aromatic rings. The summed E-state index contributed by atoms with van der Waals surface area (Å²) < 4.78 is 1.27. The van der Waals surface area contributed by atoms with Crippen molar-refractivity contribution in [3.8, 4) is 0 Å². The fourth-order valence-corrected chi connectivity index (χ4v) is 1.30. The van der Waals surface area contributed by atoms with Gasteiger partial charge in [-0.1, -0.05) is 12.1 Å². The zero-order valence-electron chi connectivity index (χ0n) is 6.89. The first-order chi connectivity index (χ1) is 5.83. The lowest BCUT2D eigenvalue weighted by atomic mass is 10.2. The molecule has 1 rings (SSSR count). The van der Waals surface area contributed by atoms with E-state index in [9.17, 15) is 0 Å².